The van der Waals surface area contributed by atoms with Gasteiger partial charge in [0.25, 0.3) is 0 Å². The molecule has 24 heteroatoms. The number of aliphatic hydroxyl groups is 1. The summed E-state index contributed by atoms with van der Waals surface area (Å²) < 4.78 is 4.84. The zero-order valence-electron chi connectivity index (χ0n) is 35.4. The zero-order chi connectivity index (χ0) is 46.1. The number of esters is 1. The number of rotatable bonds is 29. The molecule has 24 nitrogen and oxygen atoms in total. The van der Waals surface area contributed by atoms with Gasteiger partial charge in [-0.15, -0.1) is 0 Å². The van der Waals surface area contributed by atoms with Crippen molar-refractivity contribution in [3.05, 3.63) is 0 Å². The Bertz CT molecular complexity index is 1480. The van der Waals surface area contributed by atoms with E-state index in [2.05, 4.69) is 42.5 Å². The number of methoxy groups -OCH3 is 1. The molecule has 0 rings (SSSR count). The highest BCUT2D eigenvalue weighted by Gasteiger charge is 2.34. The van der Waals surface area contributed by atoms with Gasteiger partial charge >= 0.3 is 5.97 Å². The van der Waals surface area contributed by atoms with Crippen LogP contribution in [0.25, 0.3) is 0 Å². The van der Waals surface area contributed by atoms with Crippen LogP contribution in [-0.4, -0.2) is 133 Å². The molecule has 0 aromatic rings. The second-order valence-corrected chi connectivity index (χ2v) is 15.1. The Morgan fingerprint density at radius 3 is 1.35 bits per heavy atom. The fourth-order valence-corrected chi connectivity index (χ4v) is 5.54. The largest absolute Gasteiger partial charge is 0.467 e. The lowest BCUT2D eigenvalue weighted by molar-refractivity contribution is -0.146. The molecule has 7 atom stereocenters. The first-order chi connectivity index (χ1) is 28.0. The average Bonchev–Trinajstić information content (AvgIpc) is 3.16. The smallest absolute Gasteiger partial charge is 0.328 e. The third-order valence-corrected chi connectivity index (χ3v) is 8.68. The van der Waals surface area contributed by atoms with Crippen LogP contribution in [0.1, 0.15) is 86.0 Å². The number of hydrogen-bond donors (Lipinski definition) is 15. The lowest BCUT2D eigenvalue weighted by Gasteiger charge is -2.28. The first-order valence-electron chi connectivity index (χ1n) is 19.7. The van der Waals surface area contributed by atoms with Gasteiger partial charge in [0.2, 0.25) is 41.4 Å². The van der Waals surface area contributed by atoms with Gasteiger partial charge in [0.05, 0.1) is 13.7 Å². The number of nitrogens with two attached hydrogens (primary N) is 4. The molecule has 0 aliphatic carbocycles. The van der Waals surface area contributed by atoms with Crippen molar-refractivity contribution < 1.29 is 48.2 Å². The number of guanidine groups is 2. The van der Waals surface area contributed by atoms with Crippen LogP contribution in [0.15, 0.2) is 0 Å². The lowest BCUT2D eigenvalue weighted by Crippen LogP contribution is -2.60. The number of amides is 7. The molecule has 0 bridgehead atoms. The van der Waals surface area contributed by atoms with E-state index in [1.807, 2.05) is 13.8 Å². The van der Waals surface area contributed by atoms with Gasteiger partial charge in [0.15, 0.2) is 11.9 Å². The number of ether oxygens (including phenoxy) is 1. The summed E-state index contributed by atoms with van der Waals surface area (Å²) in [6.07, 6.45) is -0.0113. The van der Waals surface area contributed by atoms with Gasteiger partial charge in [-0.2, -0.15) is 0 Å². The molecule has 0 saturated carbocycles. The Morgan fingerprint density at radius 1 is 0.567 bits per heavy atom. The van der Waals surface area contributed by atoms with E-state index in [0.717, 1.165) is 0 Å². The molecule has 19 N–H and O–H groups in total. The van der Waals surface area contributed by atoms with Crippen LogP contribution in [0.4, 0.5) is 0 Å². The fraction of sp³-hybridized carbons (Fsp3) is 0.722. The average molecular weight is 857 g/mol. The van der Waals surface area contributed by atoms with E-state index in [-0.39, 0.29) is 88.2 Å². The van der Waals surface area contributed by atoms with Crippen LogP contribution >= 0.6 is 0 Å². The summed E-state index contributed by atoms with van der Waals surface area (Å²) in [5, 5.41) is 44.3. The summed E-state index contributed by atoms with van der Waals surface area (Å²) in [7, 11) is 1.17. The summed E-state index contributed by atoms with van der Waals surface area (Å²) >= 11 is 0. The molecule has 0 aromatic heterocycles. The maximum atomic E-state index is 13.9. The van der Waals surface area contributed by atoms with E-state index in [0.29, 0.717) is 0 Å². The molecule has 0 spiro atoms. The third kappa shape index (κ3) is 23.0. The SMILES string of the molecule is COC(=O)[C@H](CC(C)C)NC(=O)[C@H](CCCNC(=N)N)NC(=O)[C@H](CCC(N)=O)NC(=O)[C@H](CC(C)C)NC(=O)[C@H](CCCNC(=N)N)NC(=O)[C@H](C)NC(=O)[C@@H](N)CO. The summed E-state index contributed by atoms with van der Waals surface area (Å²) in [5.41, 5.74) is 21.6. The normalized spacial score (nSPS) is 14.4. The van der Waals surface area contributed by atoms with Crippen LogP contribution in [0.5, 0.6) is 0 Å². The van der Waals surface area contributed by atoms with Gasteiger partial charge in [0.1, 0.15) is 42.3 Å². The molecule has 0 aliphatic rings. The highest BCUT2D eigenvalue weighted by Crippen LogP contribution is 2.11. The maximum Gasteiger partial charge on any atom is 0.328 e. The van der Waals surface area contributed by atoms with Crippen molar-refractivity contribution in [1.82, 2.24) is 42.5 Å². The van der Waals surface area contributed by atoms with Crippen LogP contribution in [0, 0.1) is 22.7 Å². The number of primary amides is 1. The first kappa shape index (κ1) is 54.2. The number of carbonyl (C=O) groups is 8. The third-order valence-electron chi connectivity index (χ3n) is 8.68. The van der Waals surface area contributed by atoms with Gasteiger partial charge in [0, 0.05) is 19.5 Å². The second kappa shape index (κ2) is 28.6. The number of carbonyl (C=O) groups excluding carboxylic acids is 8. The van der Waals surface area contributed by atoms with E-state index >= 15 is 0 Å². The van der Waals surface area contributed by atoms with Crippen molar-refractivity contribution in [3.8, 4) is 0 Å². The lowest BCUT2D eigenvalue weighted by atomic mass is 10.0. The Labute approximate surface area is 350 Å². The molecule has 0 saturated heterocycles. The topological polar surface area (TPSA) is 414 Å². The molecule has 0 aromatic carbocycles. The molecule has 0 aliphatic heterocycles. The standard InChI is InChI=1S/C36H68N14O10/c1-18(2)15-25(49-30(55)22(9-7-13-43-35(39)40)46-28(53)20(5)45-29(54)21(37)17-51)33(58)48-24(11-12-27(38)52)32(57)47-23(10-8-14-44-36(41)42)31(56)50-26(16-19(3)4)34(59)60-6/h18-26,51H,7-17,37H2,1-6H3,(H2,38,52)(H,45,54)(H,46,53)(H,47,57)(H,48,58)(H,49,55)(H,50,56)(H4,39,40,43)(H4,41,42,44)/t20-,21-,22-,23-,24-,25-,26-/m0/s1. The Balaban J connectivity index is 6.50. The monoisotopic (exact) mass is 857 g/mol. The van der Waals surface area contributed by atoms with Gasteiger partial charge in [-0.05, 0) is 63.7 Å². The van der Waals surface area contributed by atoms with Crippen LogP contribution < -0.4 is 65.5 Å². The molecule has 0 radical (unpaired) electrons. The predicted octanol–water partition coefficient (Wildman–Crippen LogP) is -4.71. The highest BCUT2D eigenvalue weighted by atomic mass is 16.5. The first-order valence-corrected chi connectivity index (χ1v) is 19.7. The molecule has 0 heterocycles. The summed E-state index contributed by atoms with van der Waals surface area (Å²) in [6, 6.07) is -8.87. The summed E-state index contributed by atoms with van der Waals surface area (Å²) in [5.74, 6) is -7.29. The second-order valence-electron chi connectivity index (χ2n) is 15.1. The molecular weight excluding hydrogens is 788 g/mol. The van der Waals surface area contributed by atoms with E-state index < -0.39 is 96.2 Å². The quantitative estimate of drug-likeness (QED) is 0.0145. The summed E-state index contributed by atoms with van der Waals surface area (Å²) in [6.45, 7) is 8.15. The van der Waals surface area contributed by atoms with Gasteiger partial charge < -0.3 is 75.3 Å². The molecule has 342 valence electrons. The number of aliphatic hydroxyl groups excluding tert-OH is 1. The van der Waals surface area contributed by atoms with Crippen LogP contribution in [0.2, 0.25) is 0 Å². The van der Waals surface area contributed by atoms with Gasteiger partial charge in [-0.3, -0.25) is 44.4 Å². The van der Waals surface area contributed by atoms with Crippen molar-refractivity contribution in [2.45, 2.75) is 128 Å². The highest BCUT2D eigenvalue weighted by molar-refractivity contribution is 5.97. The van der Waals surface area contributed by atoms with Crippen LogP contribution in [-0.2, 0) is 43.1 Å². The molecule has 60 heavy (non-hydrogen) atoms. The number of hydrogen-bond acceptors (Lipinski definition) is 13. The van der Waals surface area contributed by atoms with Crippen LogP contribution in [0.3, 0.4) is 0 Å². The Morgan fingerprint density at radius 2 is 0.950 bits per heavy atom. The van der Waals surface area contributed by atoms with Crippen molar-refractivity contribution in [2.24, 2.45) is 34.8 Å². The van der Waals surface area contributed by atoms with E-state index in [1.165, 1.54) is 14.0 Å². The van der Waals surface area contributed by atoms with Crippen molar-refractivity contribution in [2.75, 3.05) is 26.8 Å². The Hall–Kier alpha value is -5.78. The minimum atomic E-state index is -1.46. The maximum absolute atomic E-state index is 13.9. The van der Waals surface area contributed by atoms with Crippen molar-refractivity contribution in [1.29, 1.82) is 10.8 Å². The van der Waals surface area contributed by atoms with Crippen molar-refractivity contribution >= 4 is 59.2 Å². The molecule has 0 unspecified atom stereocenters. The number of nitrogens with one attached hydrogen (secondary N) is 10. The van der Waals surface area contributed by atoms with E-state index in [4.69, 9.17) is 38.5 Å². The predicted molar refractivity (Wildman–Crippen MR) is 220 cm³/mol. The molecule has 7 amide bonds. The molecular formula is C36H68N14O10. The van der Waals surface area contributed by atoms with Crippen molar-refractivity contribution in [3.63, 3.8) is 0 Å². The summed E-state index contributed by atoms with van der Waals surface area (Å²) in [4.78, 5) is 105. The fourth-order valence-electron chi connectivity index (χ4n) is 5.54. The van der Waals surface area contributed by atoms with E-state index in [9.17, 15) is 43.5 Å². The Kier molecular flexibility index (Phi) is 25.9. The van der Waals surface area contributed by atoms with E-state index in [1.54, 1.807) is 13.8 Å². The zero-order valence-corrected chi connectivity index (χ0v) is 35.4. The van der Waals surface area contributed by atoms with Gasteiger partial charge in [-0.1, -0.05) is 27.7 Å². The minimum absolute atomic E-state index is 0.0124. The van der Waals surface area contributed by atoms with Gasteiger partial charge in [-0.25, -0.2) is 4.79 Å². The minimum Gasteiger partial charge on any atom is -0.467 e. The molecule has 0 fully saturated rings.